The smallest absolute Gasteiger partial charge is 0.326 e. The van der Waals surface area contributed by atoms with Crippen molar-refractivity contribution in [2.75, 3.05) is 5.32 Å². The number of carbonyl (C=O) groups is 1. The number of fused-ring (bicyclic) bond motifs is 1. The van der Waals surface area contributed by atoms with Gasteiger partial charge in [0.15, 0.2) is 0 Å². The summed E-state index contributed by atoms with van der Waals surface area (Å²) in [6, 6.07) is 5.65. The first-order chi connectivity index (χ1) is 11.7. The monoisotopic (exact) mass is 343 g/mol. The number of nitrogens with one attached hydrogen (secondary N) is 1. The number of anilines is 1. The molecule has 2 aromatic rings. The van der Waals surface area contributed by atoms with Crippen molar-refractivity contribution in [2.24, 2.45) is 31.3 Å². The first kappa shape index (κ1) is 17.8. The largest absolute Gasteiger partial charge is 0.328 e. The van der Waals surface area contributed by atoms with Crippen LogP contribution in [-0.4, -0.2) is 15.0 Å². The van der Waals surface area contributed by atoms with Crippen molar-refractivity contribution in [3.05, 3.63) is 28.7 Å². The Balaban J connectivity index is 1.71. The molecule has 1 N–H and O–H groups in total. The minimum absolute atomic E-state index is 0.0565. The van der Waals surface area contributed by atoms with Crippen LogP contribution in [-0.2, 0) is 18.9 Å². The summed E-state index contributed by atoms with van der Waals surface area (Å²) in [6.45, 7) is 6.87. The summed E-state index contributed by atoms with van der Waals surface area (Å²) >= 11 is 0. The van der Waals surface area contributed by atoms with Gasteiger partial charge in [0.25, 0.3) is 0 Å². The lowest BCUT2D eigenvalue weighted by molar-refractivity contribution is -0.121. The normalized spacial score (nSPS) is 21.5. The zero-order valence-corrected chi connectivity index (χ0v) is 15.9. The molecular weight excluding hydrogens is 314 g/mol. The van der Waals surface area contributed by atoms with Crippen molar-refractivity contribution >= 4 is 22.6 Å². The van der Waals surface area contributed by atoms with Crippen LogP contribution in [0.5, 0.6) is 0 Å². The summed E-state index contributed by atoms with van der Waals surface area (Å²) in [6.07, 6.45) is 4.15. The molecule has 0 saturated heterocycles. The number of hydrogen-bond donors (Lipinski definition) is 1. The first-order valence-electron chi connectivity index (χ1n) is 9.15. The van der Waals surface area contributed by atoms with Crippen molar-refractivity contribution in [1.29, 1.82) is 0 Å². The highest BCUT2D eigenvalue weighted by molar-refractivity contribution is 5.94. The number of hydrogen-bond acceptors (Lipinski definition) is 2. The number of rotatable bonds is 2. The van der Waals surface area contributed by atoms with Gasteiger partial charge in [-0.1, -0.05) is 20.8 Å². The van der Waals surface area contributed by atoms with E-state index >= 15 is 0 Å². The second kappa shape index (κ2) is 6.36. The Labute approximate surface area is 149 Å². The van der Waals surface area contributed by atoms with Crippen LogP contribution in [0.3, 0.4) is 0 Å². The van der Waals surface area contributed by atoms with E-state index in [1.807, 2.05) is 18.2 Å². The molecule has 0 radical (unpaired) electrons. The molecule has 0 aliphatic heterocycles. The van der Waals surface area contributed by atoms with Gasteiger partial charge in [-0.05, 0) is 55.2 Å². The maximum atomic E-state index is 12.6. The number of aromatic nitrogens is 2. The fourth-order valence-electron chi connectivity index (χ4n) is 4.05. The van der Waals surface area contributed by atoms with Crippen LogP contribution in [0.25, 0.3) is 11.0 Å². The van der Waals surface area contributed by atoms with Crippen molar-refractivity contribution < 1.29 is 4.79 Å². The molecule has 5 heteroatoms. The maximum Gasteiger partial charge on any atom is 0.328 e. The van der Waals surface area contributed by atoms with Crippen LogP contribution in [0.4, 0.5) is 5.69 Å². The third kappa shape index (κ3) is 3.37. The van der Waals surface area contributed by atoms with Gasteiger partial charge in [-0.3, -0.25) is 13.9 Å². The van der Waals surface area contributed by atoms with Crippen LogP contribution in [0, 0.1) is 17.3 Å². The molecule has 1 aromatic heterocycles. The van der Waals surface area contributed by atoms with Gasteiger partial charge in [0.05, 0.1) is 11.0 Å². The van der Waals surface area contributed by atoms with E-state index in [-0.39, 0.29) is 17.5 Å². The van der Waals surface area contributed by atoms with Crippen LogP contribution in [0.2, 0.25) is 0 Å². The molecule has 0 unspecified atom stereocenters. The van der Waals surface area contributed by atoms with Gasteiger partial charge >= 0.3 is 5.69 Å². The Morgan fingerprint density at radius 1 is 1.04 bits per heavy atom. The minimum Gasteiger partial charge on any atom is -0.326 e. The SMILES string of the molecule is Cn1c(=O)n(C)c2cc(NC(=O)C3CCC(C(C)(C)C)CC3)ccc21. The molecule has 0 bridgehead atoms. The molecule has 1 saturated carbocycles. The Kier molecular flexibility index (Phi) is 4.52. The Morgan fingerprint density at radius 3 is 2.24 bits per heavy atom. The van der Waals surface area contributed by atoms with Crippen LogP contribution < -0.4 is 11.0 Å². The van der Waals surface area contributed by atoms with E-state index in [2.05, 4.69) is 26.1 Å². The summed E-state index contributed by atoms with van der Waals surface area (Å²) in [5, 5.41) is 3.05. The molecule has 1 heterocycles. The summed E-state index contributed by atoms with van der Waals surface area (Å²) in [7, 11) is 3.51. The molecule has 1 aliphatic rings. The molecule has 0 spiro atoms. The number of nitrogens with zero attached hydrogens (tertiary/aromatic N) is 2. The van der Waals surface area contributed by atoms with Crippen LogP contribution in [0.15, 0.2) is 23.0 Å². The van der Waals surface area contributed by atoms with Gasteiger partial charge < -0.3 is 5.32 Å². The molecule has 136 valence electrons. The number of carbonyl (C=O) groups excluding carboxylic acids is 1. The lowest BCUT2D eigenvalue weighted by Crippen LogP contribution is -2.31. The molecule has 3 rings (SSSR count). The van der Waals surface area contributed by atoms with E-state index in [1.54, 1.807) is 23.2 Å². The van der Waals surface area contributed by atoms with E-state index in [9.17, 15) is 9.59 Å². The second-order valence-electron chi connectivity index (χ2n) is 8.51. The number of aryl methyl sites for hydroxylation is 2. The second-order valence-corrected chi connectivity index (χ2v) is 8.51. The van der Waals surface area contributed by atoms with Gasteiger partial charge in [0, 0.05) is 25.7 Å². The predicted octanol–water partition coefficient (Wildman–Crippen LogP) is 3.67. The van der Waals surface area contributed by atoms with Crippen molar-refractivity contribution in [3.8, 4) is 0 Å². The lowest BCUT2D eigenvalue weighted by atomic mass is 9.69. The molecule has 1 amide bonds. The zero-order chi connectivity index (χ0) is 18.4. The molecule has 0 atom stereocenters. The number of benzene rings is 1. The van der Waals surface area contributed by atoms with Crippen LogP contribution in [0.1, 0.15) is 46.5 Å². The zero-order valence-electron chi connectivity index (χ0n) is 15.9. The van der Waals surface area contributed by atoms with E-state index in [0.717, 1.165) is 42.4 Å². The van der Waals surface area contributed by atoms with E-state index in [1.165, 1.54) is 0 Å². The molecular formula is C20H29N3O2. The average Bonchev–Trinajstić information content (AvgIpc) is 2.78. The quantitative estimate of drug-likeness (QED) is 0.904. The molecule has 1 aromatic carbocycles. The third-order valence-electron chi connectivity index (χ3n) is 5.86. The lowest BCUT2D eigenvalue weighted by Gasteiger charge is -2.36. The van der Waals surface area contributed by atoms with Gasteiger partial charge in [-0.2, -0.15) is 0 Å². The fourth-order valence-corrected chi connectivity index (χ4v) is 4.05. The topological polar surface area (TPSA) is 56.0 Å². The highest BCUT2D eigenvalue weighted by Gasteiger charge is 2.32. The summed E-state index contributed by atoms with van der Waals surface area (Å²) in [5.74, 6) is 0.897. The van der Waals surface area contributed by atoms with Gasteiger partial charge in [-0.15, -0.1) is 0 Å². The Bertz CT molecular complexity index is 846. The fraction of sp³-hybridized carbons (Fsp3) is 0.600. The Morgan fingerprint density at radius 2 is 1.64 bits per heavy atom. The minimum atomic E-state index is -0.0565. The van der Waals surface area contributed by atoms with Gasteiger partial charge in [0.2, 0.25) is 5.91 Å². The van der Waals surface area contributed by atoms with Crippen molar-refractivity contribution in [3.63, 3.8) is 0 Å². The Hall–Kier alpha value is -2.04. The third-order valence-corrected chi connectivity index (χ3v) is 5.86. The maximum absolute atomic E-state index is 12.6. The molecule has 1 fully saturated rings. The van der Waals surface area contributed by atoms with Gasteiger partial charge in [0.1, 0.15) is 0 Å². The number of imidazole rings is 1. The average molecular weight is 343 g/mol. The summed E-state index contributed by atoms with van der Waals surface area (Å²) in [5.41, 5.74) is 2.73. The standard InChI is InChI=1S/C20H29N3O2/c1-20(2,3)14-8-6-13(7-9-14)18(24)21-15-10-11-16-17(12-15)23(5)19(25)22(16)4/h10-14H,6-9H2,1-5H3,(H,21,24). The molecule has 5 nitrogen and oxygen atoms in total. The highest BCUT2D eigenvalue weighted by Crippen LogP contribution is 2.40. The summed E-state index contributed by atoms with van der Waals surface area (Å²) in [4.78, 5) is 24.7. The van der Waals surface area contributed by atoms with Gasteiger partial charge in [-0.25, -0.2) is 4.79 Å². The summed E-state index contributed by atoms with van der Waals surface area (Å²) < 4.78 is 3.23. The van der Waals surface area contributed by atoms with Crippen LogP contribution >= 0.6 is 0 Å². The predicted molar refractivity (Wildman–Crippen MR) is 102 cm³/mol. The van der Waals surface area contributed by atoms with E-state index in [0.29, 0.717) is 11.3 Å². The van der Waals surface area contributed by atoms with Crippen molar-refractivity contribution in [2.45, 2.75) is 46.5 Å². The number of amides is 1. The highest BCUT2D eigenvalue weighted by atomic mass is 16.2. The van der Waals surface area contributed by atoms with Crippen molar-refractivity contribution in [1.82, 2.24) is 9.13 Å². The van der Waals surface area contributed by atoms with E-state index in [4.69, 9.17) is 0 Å². The molecule has 1 aliphatic carbocycles. The molecule has 25 heavy (non-hydrogen) atoms. The first-order valence-corrected chi connectivity index (χ1v) is 9.15. The van der Waals surface area contributed by atoms with E-state index < -0.39 is 0 Å².